The molecule has 32 heavy (non-hydrogen) atoms. The number of nitrogens with one attached hydrogen (secondary N) is 3. The third-order valence-electron chi connectivity index (χ3n) is 5.01. The van der Waals surface area contributed by atoms with E-state index in [-0.39, 0.29) is 5.69 Å². The lowest BCUT2D eigenvalue weighted by Gasteiger charge is -2.12. The molecular formula is C22H27N7O3. The number of hydrogen-bond acceptors (Lipinski definition) is 8. The summed E-state index contributed by atoms with van der Waals surface area (Å²) in [6, 6.07) is 3.62. The number of allylic oxidation sites excluding steroid dienone is 2. The first-order valence-corrected chi connectivity index (χ1v) is 10.7. The van der Waals surface area contributed by atoms with Crippen molar-refractivity contribution in [3.8, 4) is 11.5 Å². The summed E-state index contributed by atoms with van der Waals surface area (Å²) >= 11 is 0. The van der Waals surface area contributed by atoms with Crippen molar-refractivity contribution in [2.75, 3.05) is 23.7 Å². The Balaban J connectivity index is 1.58. The number of carbonyl (C=O) groups is 1. The van der Waals surface area contributed by atoms with E-state index in [9.17, 15) is 9.90 Å². The van der Waals surface area contributed by atoms with Gasteiger partial charge in [0, 0.05) is 31.5 Å². The van der Waals surface area contributed by atoms with Gasteiger partial charge in [0.05, 0.1) is 5.69 Å². The van der Waals surface area contributed by atoms with Gasteiger partial charge in [0.25, 0.3) is 5.91 Å². The number of hydrogen-bond donors (Lipinski definition) is 4. The first-order valence-electron chi connectivity index (χ1n) is 10.7. The van der Waals surface area contributed by atoms with Crippen LogP contribution in [-0.4, -0.2) is 43.9 Å². The van der Waals surface area contributed by atoms with Crippen molar-refractivity contribution in [3.63, 3.8) is 0 Å². The van der Waals surface area contributed by atoms with Gasteiger partial charge in [0.2, 0.25) is 5.89 Å². The molecule has 3 aromatic rings. The molecule has 0 spiro atoms. The zero-order valence-corrected chi connectivity index (χ0v) is 17.9. The predicted octanol–water partition coefficient (Wildman–Crippen LogP) is 2.85. The van der Waals surface area contributed by atoms with Crippen LogP contribution in [0.1, 0.15) is 48.1 Å². The van der Waals surface area contributed by atoms with Crippen molar-refractivity contribution in [2.45, 2.75) is 31.9 Å². The molecule has 168 valence electrons. The Hall–Kier alpha value is -3.50. The normalized spacial score (nSPS) is 19.2. The van der Waals surface area contributed by atoms with Crippen LogP contribution in [0, 0.1) is 0 Å². The smallest absolute Gasteiger partial charge is 0.277 e. The van der Waals surface area contributed by atoms with Crippen molar-refractivity contribution in [2.24, 2.45) is 7.05 Å². The first kappa shape index (κ1) is 21.7. The lowest BCUT2D eigenvalue weighted by molar-refractivity contribution is 0.102. The average molecular weight is 438 g/mol. The van der Waals surface area contributed by atoms with E-state index < -0.39 is 12.1 Å². The monoisotopic (exact) mass is 437 g/mol. The Morgan fingerprint density at radius 2 is 2.03 bits per heavy atom. The topological polar surface area (TPSA) is 130 Å². The van der Waals surface area contributed by atoms with Crippen LogP contribution >= 0.6 is 0 Å². The molecule has 0 saturated carbocycles. The van der Waals surface area contributed by atoms with Crippen molar-refractivity contribution >= 4 is 17.4 Å². The maximum absolute atomic E-state index is 12.8. The van der Waals surface area contributed by atoms with E-state index in [0.717, 1.165) is 38.0 Å². The highest BCUT2D eigenvalue weighted by molar-refractivity contribution is 6.03. The van der Waals surface area contributed by atoms with Gasteiger partial charge in [-0.25, -0.2) is 9.97 Å². The fraction of sp³-hybridized carbons (Fsp3) is 0.364. The molecule has 4 rings (SSSR count). The summed E-state index contributed by atoms with van der Waals surface area (Å²) in [5, 5.41) is 23.9. The zero-order valence-electron chi connectivity index (χ0n) is 17.9. The van der Waals surface area contributed by atoms with Crippen LogP contribution in [0.2, 0.25) is 0 Å². The lowest BCUT2D eigenvalue weighted by atomic mass is 10.2. The molecule has 1 atom stereocenters. The molecule has 1 amide bonds. The fourth-order valence-corrected chi connectivity index (χ4v) is 3.39. The minimum Gasteiger partial charge on any atom is -0.444 e. The molecule has 0 fully saturated rings. The summed E-state index contributed by atoms with van der Waals surface area (Å²) in [6.45, 7) is 1.41. The van der Waals surface area contributed by atoms with E-state index >= 15 is 0 Å². The fourth-order valence-electron chi connectivity index (χ4n) is 3.39. The molecule has 1 aliphatic rings. The maximum Gasteiger partial charge on any atom is 0.277 e. The number of fused-ring (bicyclic) bond motifs is 6. The third kappa shape index (κ3) is 5.40. The number of amides is 1. The number of nitrogens with zero attached hydrogens (tertiary/aromatic N) is 4. The standard InChI is InChI=1S/C22H27N7O3/c1-29-13-16-19(28-29)21(31)25-10-7-5-3-2-4-6-9-23-18-12-15(8-11-24-18)22-27-17(14-32-22)20(30)26-16/h2-3,8,11-14,21,25,31H,4-7,9-10H2,1H3,(H,23,24)(H,26,30)/b3-2+. The van der Waals surface area contributed by atoms with Gasteiger partial charge in [-0.2, -0.15) is 5.10 Å². The van der Waals surface area contributed by atoms with Gasteiger partial charge in [-0.1, -0.05) is 12.2 Å². The Labute approximate surface area is 185 Å². The Morgan fingerprint density at radius 3 is 2.88 bits per heavy atom. The van der Waals surface area contributed by atoms with E-state index in [1.165, 1.54) is 10.9 Å². The highest BCUT2D eigenvalue weighted by Crippen LogP contribution is 2.23. The van der Waals surface area contributed by atoms with Gasteiger partial charge in [0.15, 0.2) is 11.9 Å². The largest absolute Gasteiger partial charge is 0.444 e. The van der Waals surface area contributed by atoms with Crippen LogP contribution in [-0.2, 0) is 7.05 Å². The molecule has 0 aromatic carbocycles. The van der Waals surface area contributed by atoms with Gasteiger partial charge in [-0.15, -0.1) is 0 Å². The van der Waals surface area contributed by atoms with Crippen molar-refractivity contribution < 1.29 is 14.3 Å². The molecule has 10 nitrogen and oxygen atoms in total. The minimum atomic E-state index is -1.00. The van der Waals surface area contributed by atoms with Crippen LogP contribution in [0.15, 0.2) is 47.4 Å². The Kier molecular flexibility index (Phi) is 6.93. The molecule has 4 bridgehead atoms. The molecule has 0 radical (unpaired) electrons. The highest BCUT2D eigenvalue weighted by atomic mass is 16.3. The van der Waals surface area contributed by atoms with Crippen LogP contribution in [0.4, 0.5) is 11.5 Å². The molecule has 1 aliphatic heterocycles. The van der Waals surface area contributed by atoms with Gasteiger partial charge in [-0.3, -0.25) is 14.8 Å². The number of rotatable bonds is 0. The van der Waals surface area contributed by atoms with Gasteiger partial charge in [-0.05, 0) is 44.4 Å². The Morgan fingerprint density at radius 1 is 1.22 bits per heavy atom. The second kappa shape index (κ2) is 10.2. The van der Waals surface area contributed by atoms with E-state index in [1.54, 1.807) is 25.5 Å². The molecule has 3 aromatic heterocycles. The number of aryl methyl sites for hydroxylation is 1. The zero-order chi connectivity index (χ0) is 22.3. The van der Waals surface area contributed by atoms with Gasteiger partial charge < -0.3 is 20.2 Å². The van der Waals surface area contributed by atoms with E-state index in [0.29, 0.717) is 29.4 Å². The summed E-state index contributed by atoms with van der Waals surface area (Å²) in [5.74, 6) is 0.592. The molecule has 4 N–H and O–H groups in total. The molecule has 10 heteroatoms. The Bertz CT molecular complexity index is 1090. The van der Waals surface area contributed by atoms with Crippen LogP contribution in [0.5, 0.6) is 0 Å². The number of aliphatic hydroxyl groups is 1. The average Bonchev–Trinajstić information content (AvgIpc) is 3.41. The number of pyridine rings is 1. The summed E-state index contributed by atoms with van der Waals surface area (Å²) in [6.07, 6.45) is 11.7. The van der Waals surface area contributed by atoms with E-state index in [1.807, 2.05) is 6.07 Å². The summed E-state index contributed by atoms with van der Waals surface area (Å²) in [7, 11) is 1.73. The van der Waals surface area contributed by atoms with Crippen LogP contribution in [0.3, 0.4) is 0 Å². The highest BCUT2D eigenvalue weighted by Gasteiger charge is 2.20. The minimum absolute atomic E-state index is 0.125. The second-order valence-electron chi connectivity index (χ2n) is 7.56. The van der Waals surface area contributed by atoms with Crippen LogP contribution in [0.25, 0.3) is 11.5 Å². The van der Waals surface area contributed by atoms with Crippen LogP contribution < -0.4 is 16.0 Å². The van der Waals surface area contributed by atoms with Crippen molar-refractivity contribution in [3.05, 3.63) is 54.3 Å². The van der Waals surface area contributed by atoms with Crippen molar-refractivity contribution in [1.29, 1.82) is 0 Å². The first-order chi connectivity index (χ1) is 15.6. The number of aliphatic hydroxyl groups excluding tert-OH is 1. The summed E-state index contributed by atoms with van der Waals surface area (Å²) in [5.41, 5.74) is 1.59. The molecular weight excluding hydrogens is 410 g/mol. The molecule has 1 unspecified atom stereocenters. The van der Waals surface area contributed by atoms with Crippen molar-refractivity contribution in [1.82, 2.24) is 25.1 Å². The molecule has 0 aliphatic carbocycles. The van der Waals surface area contributed by atoms with Gasteiger partial charge >= 0.3 is 0 Å². The van der Waals surface area contributed by atoms with E-state index in [2.05, 4.69) is 43.2 Å². The predicted molar refractivity (Wildman–Crippen MR) is 120 cm³/mol. The second-order valence-corrected chi connectivity index (χ2v) is 7.56. The number of anilines is 2. The third-order valence-corrected chi connectivity index (χ3v) is 5.01. The SMILES string of the molecule is Cn1cc2c(n1)C(O)NCCC/C=C/CCCNc1cc(ccn1)-c1nc(co1)C(=O)N2. The molecule has 0 saturated heterocycles. The lowest BCUT2D eigenvalue weighted by Crippen LogP contribution is -2.24. The number of aromatic nitrogens is 4. The van der Waals surface area contributed by atoms with Gasteiger partial charge in [0.1, 0.15) is 17.8 Å². The number of carbonyl (C=O) groups excluding carboxylic acids is 1. The number of oxazole rings is 1. The quantitative estimate of drug-likeness (QED) is 0.395. The summed E-state index contributed by atoms with van der Waals surface area (Å²) < 4.78 is 7.07. The molecule has 4 heterocycles. The van der Waals surface area contributed by atoms with E-state index in [4.69, 9.17) is 4.42 Å². The maximum atomic E-state index is 12.8. The summed E-state index contributed by atoms with van der Waals surface area (Å²) in [4.78, 5) is 21.4.